The van der Waals surface area contributed by atoms with Crippen molar-refractivity contribution in [2.45, 2.75) is 88.4 Å². The van der Waals surface area contributed by atoms with E-state index < -0.39 is 10.5 Å². The molecule has 9 rings (SSSR count). The van der Waals surface area contributed by atoms with Gasteiger partial charge in [0.15, 0.2) is 0 Å². The maximum Gasteiger partial charge on any atom is 0.410 e. The number of nitrogen functional groups attached to an aromatic ring is 1. The van der Waals surface area contributed by atoms with E-state index in [-0.39, 0.29) is 77.9 Å². The molecule has 0 aromatic heterocycles. The summed E-state index contributed by atoms with van der Waals surface area (Å²) in [5.74, 6) is 0. The first-order valence-corrected chi connectivity index (χ1v) is 20.8. The monoisotopic (exact) mass is 980 g/mol. The fourth-order valence-corrected chi connectivity index (χ4v) is 9.27. The summed E-state index contributed by atoms with van der Waals surface area (Å²) in [5, 5.41) is 21.3. The van der Waals surface area contributed by atoms with Crippen molar-refractivity contribution in [1.82, 2.24) is 14.7 Å². The Morgan fingerprint density at radius 3 is 1.12 bits per heavy atom. The largest absolute Gasteiger partial charge is 0.444 e. The normalized spacial score (nSPS) is 19.2. The number of likely N-dealkylation sites (tertiary alicyclic amines) is 3. The van der Waals surface area contributed by atoms with Crippen LogP contribution >= 0.6 is 0 Å². The van der Waals surface area contributed by atoms with Crippen LogP contribution in [0.4, 0.5) is 38.9 Å². The molecule has 0 bridgehead atoms. The first-order chi connectivity index (χ1) is 27.7. The van der Waals surface area contributed by atoms with Crippen LogP contribution in [0, 0.1) is 43.9 Å². The fraction of sp³-hybridized carbons (Fsp3) is 0.583. The Morgan fingerprint density at radius 1 is 0.578 bits per heavy atom. The van der Waals surface area contributed by atoms with Crippen LogP contribution in [0.15, 0.2) is 72.8 Å². The van der Waals surface area contributed by atoms with Gasteiger partial charge in [-0.1, -0.05) is 22.3 Å². The van der Waals surface area contributed by atoms with Crippen LogP contribution in [0.25, 0.3) is 0 Å². The van der Waals surface area contributed by atoms with Gasteiger partial charge in [-0.15, -0.1) is 0 Å². The summed E-state index contributed by atoms with van der Waals surface area (Å²) in [6.45, 7) is 27.3. The van der Waals surface area contributed by atoms with Crippen LogP contribution in [0.1, 0.15) is 70.7 Å². The summed E-state index contributed by atoms with van der Waals surface area (Å²) in [6, 6.07) is 23.0. The third kappa shape index (κ3) is 12.2. The Morgan fingerprint density at radius 2 is 0.859 bits per heavy atom. The number of non-ortho nitro benzene ring substituents is 2. The van der Waals surface area contributed by atoms with Crippen molar-refractivity contribution < 1.29 is 39.8 Å². The van der Waals surface area contributed by atoms with Crippen molar-refractivity contribution in [3.05, 3.63) is 100 Å². The zero-order valence-electron chi connectivity index (χ0n) is 37.0. The number of hydrogen-bond acceptors (Lipinski definition) is 12. The SMILES string of the molecule is C.C.C.CC(C)(C)OC(=O)N1CC2(C1)CN(c1ccc([N+](=O)[O-])cc1)C2.CC(C)N1CC2(CN(c3ccc(N)cc3)C2)C1.CC(C)N1CC2(CN(c3ccc([N+](=O)[O-])cc3)C2)C1.[CH3-].[Pd]. The molecule has 360 valence electrons. The number of rotatable bonds is 7. The number of hydrogen-bond donors (Lipinski definition) is 1. The maximum absolute atomic E-state index is 11.9. The molecule has 0 saturated carbocycles. The van der Waals surface area contributed by atoms with Crippen LogP contribution in [0.2, 0.25) is 0 Å². The van der Waals surface area contributed by atoms with Crippen molar-refractivity contribution >= 4 is 40.2 Å². The van der Waals surface area contributed by atoms with Crippen LogP contribution in [-0.4, -0.2) is 127 Å². The molecular weight excluding hydrogens is 905 g/mol. The number of nitro benzene ring substituents is 2. The van der Waals surface area contributed by atoms with Crippen molar-refractivity contribution in [3.8, 4) is 0 Å². The fourth-order valence-electron chi connectivity index (χ4n) is 9.27. The van der Waals surface area contributed by atoms with Crippen LogP contribution in [0.5, 0.6) is 0 Å². The van der Waals surface area contributed by atoms with Crippen molar-refractivity contribution in [2.24, 2.45) is 16.2 Å². The third-order valence-corrected chi connectivity index (χ3v) is 12.6. The summed E-state index contributed by atoms with van der Waals surface area (Å²) in [6.07, 6.45) is -0.253. The molecule has 15 nitrogen and oxygen atoms in total. The molecule has 3 aromatic carbocycles. The molecule has 0 atom stereocenters. The third-order valence-electron chi connectivity index (χ3n) is 12.6. The molecule has 16 heteroatoms. The van der Waals surface area contributed by atoms with Gasteiger partial charge in [0.25, 0.3) is 11.4 Å². The van der Waals surface area contributed by atoms with Gasteiger partial charge in [-0.2, -0.15) is 0 Å². The summed E-state index contributed by atoms with van der Waals surface area (Å²) < 4.78 is 5.36. The molecule has 6 aliphatic heterocycles. The Hall–Kier alpha value is -4.49. The van der Waals surface area contributed by atoms with E-state index in [2.05, 4.69) is 64.3 Å². The van der Waals surface area contributed by atoms with E-state index in [0.29, 0.717) is 36.0 Å². The average molecular weight is 982 g/mol. The van der Waals surface area contributed by atoms with Gasteiger partial charge in [0, 0.05) is 174 Å². The summed E-state index contributed by atoms with van der Waals surface area (Å²) in [4.78, 5) is 46.2. The molecule has 3 aromatic rings. The van der Waals surface area contributed by atoms with Crippen molar-refractivity contribution in [3.63, 3.8) is 0 Å². The summed E-state index contributed by atoms with van der Waals surface area (Å²) >= 11 is 0. The first-order valence-electron chi connectivity index (χ1n) is 20.8. The molecule has 2 N–H and O–H groups in total. The molecule has 1 amide bonds. The standard InChI is InChI=1S/C16H21N3O4.C14H19N3O2.C14H21N3.3CH4.CH3.Pd/c1-15(2,3)23-14(20)18-10-16(11-18)8-17(9-16)12-4-6-13(7-5-12)19(21)22;1-11(2)15-7-14(8-15)9-16(10-14)12-3-5-13(6-4-12)17(18)19;1-11(2)16-7-14(8-16)9-17(10-14)13-5-3-12(15)4-6-13;;;;;/h4-7H,8-11H2,1-3H3;3-6,11H,7-10H2,1-2H3;3-6,11H,7-10,15H2,1-2H3;3*1H4;1H3;/q;;;;;;-1;. The van der Waals surface area contributed by atoms with E-state index in [9.17, 15) is 25.0 Å². The molecule has 6 saturated heterocycles. The van der Waals surface area contributed by atoms with E-state index >= 15 is 0 Å². The Kier molecular flexibility index (Phi) is 18.4. The average Bonchev–Trinajstić information content (AvgIpc) is 3.05. The molecule has 0 unspecified atom stereocenters. The van der Waals surface area contributed by atoms with Gasteiger partial charge in [-0.25, -0.2) is 4.79 Å². The molecule has 64 heavy (non-hydrogen) atoms. The molecular formula is C48H76N9O6Pd-. The molecule has 3 spiro atoms. The summed E-state index contributed by atoms with van der Waals surface area (Å²) in [7, 11) is 0. The van der Waals surface area contributed by atoms with E-state index in [1.54, 1.807) is 29.2 Å². The smallest absolute Gasteiger partial charge is 0.410 e. The second-order valence-corrected chi connectivity index (χ2v) is 19.5. The second-order valence-electron chi connectivity index (χ2n) is 19.5. The van der Waals surface area contributed by atoms with E-state index in [1.807, 2.05) is 45.0 Å². The van der Waals surface area contributed by atoms with Gasteiger partial charge in [-0.3, -0.25) is 30.0 Å². The predicted octanol–water partition coefficient (Wildman–Crippen LogP) is 8.93. The van der Waals surface area contributed by atoms with Gasteiger partial charge >= 0.3 is 6.09 Å². The van der Waals surface area contributed by atoms with Gasteiger partial charge in [0.05, 0.1) is 9.85 Å². The van der Waals surface area contributed by atoms with Gasteiger partial charge in [0.1, 0.15) is 5.60 Å². The maximum atomic E-state index is 11.9. The van der Waals surface area contributed by atoms with E-state index in [1.165, 1.54) is 57.1 Å². The number of carbonyl (C=O) groups excluding carboxylic acids is 1. The quantitative estimate of drug-likeness (QED) is 0.0790. The minimum Gasteiger partial charge on any atom is -0.444 e. The number of nitrogens with two attached hydrogens (primary N) is 1. The van der Waals surface area contributed by atoms with Crippen LogP contribution in [0.3, 0.4) is 0 Å². The molecule has 0 aliphatic carbocycles. The minimum absolute atomic E-state index is 0. The minimum atomic E-state index is -0.468. The number of nitrogens with zero attached hydrogens (tertiary/aromatic N) is 8. The second kappa shape index (κ2) is 21.2. The van der Waals surface area contributed by atoms with Gasteiger partial charge in [0.2, 0.25) is 0 Å². The number of carbonyl (C=O) groups is 1. The van der Waals surface area contributed by atoms with E-state index in [0.717, 1.165) is 43.2 Å². The molecule has 6 fully saturated rings. The van der Waals surface area contributed by atoms with Gasteiger partial charge in [-0.05, 0) is 97.0 Å². The van der Waals surface area contributed by atoms with Crippen LogP contribution < -0.4 is 20.4 Å². The number of amides is 1. The molecule has 6 heterocycles. The zero-order valence-corrected chi connectivity index (χ0v) is 38.5. The Bertz CT molecular complexity index is 1970. The summed E-state index contributed by atoms with van der Waals surface area (Å²) in [5.41, 5.74) is 11.0. The number of ether oxygens (including phenoxy) is 1. The topological polar surface area (TPSA) is 158 Å². The Labute approximate surface area is 397 Å². The van der Waals surface area contributed by atoms with Gasteiger partial charge < -0.3 is 37.5 Å². The van der Waals surface area contributed by atoms with Crippen molar-refractivity contribution in [1.29, 1.82) is 0 Å². The number of anilines is 4. The number of nitro groups is 2. The van der Waals surface area contributed by atoms with Crippen molar-refractivity contribution in [2.75, 3.05) is 99.0 Å². The molecule has 6 aliphatic rings. The molecule has 0 radical (unpaired) electrons. The zero-order chi connectivity index (χ0) is 42.5. The Balaban J connectivity index is 0.000000321. The van der Waals surface area contributed by atoms with E-state index in [4.69, 9.17) is 10.5 Å². The van der Waals surface area contributed by atoms with Crippen LogP contribution in [-0.2, 0) is 25.2 Å². The first kappa shape index (κ1) is 55.6. The number of benzene rings is 3. The predicted molar refractivity (Wildman–Crippen MR) is 259 cm³/mol.